The van der Waals surface area contributed by atoms with Crippen LogP contribution in [0.25, 0.3) is 11.0 Å². The maximum atomic E-state index is 13.3. The van der Waals surface area contributed by atoms with Crippen molar-refractivity contribution in [3.8, 4) is 0 Å². The molecule has 0 aliphatic heterocycles. The van der Waals surface area contributed by atoms with E-state index < -0.39 is 0 Å². The average Bonchev–Trinajstić information content (AvgIpc) is 2.70. The molecule has 0 spiro atoms. The number of nitrogens with one attached hydrogen (secondary N) is 1. The summed E-state index contributed by atoms with van der Waals surface area (Å²) in [6, 6.07) is 6.79. The van der Waals surface area contributed by atoms with E-state index in [-0.39, 0.29) is 22.7 Å². The van der Waals surface area contributed by atoms with Gasteiger partial charge in [0.2, 0.25) is 0 Å². The molecule has 3 heteroatoms. The predicted molar refractivity (Wildman–Crippen MR) is 79.0 cm³/mol. The summed E-state index contributed by atoms with van der Waals surface area (Å²) in [5, 5.41) is 4.21. The molecule has 1 N–H and O–H groups in total. The van der Waals surface area contributed by atoms with Crippen molar-refractivity contribution in [3.05, 3.63) is 35.8 Å². The summed E-state index contributed by atoms with van der Waals surface area (Å²) in [4.78, 5) is 0. The monoisotopic (exact) mass is 275 g/mol. The van der Waals surface area contributed by atoms with Gasteiger partial charge in [0.05, 0.1) is 6.04 Å². The van der Waals surface area contributed by atoms with Gasteiger partial charge in [-0.15, -0.1) is 0 Å². The van der Waals surface area contributed by atoms with E-state index >= 15 is 0 Å². The van der Waals surface area contributed by atoms with Crippen LogP contribution in [0.4, 0.5) is 4.39 Å². The van der Waals surface area contributed by atoms with Gasteiger partial charge in [-0.1, -0.05) is 27.7 Å². The Balaban J connectivity index is 2.01. The van der Waals surface area contributed by atoms with E-state index in [4.69, 9.17) is 4.42 Å². The molecule has 0 amide bonds. The van der Waals surface area contributed by atoms with Crippen LogP contribution in [0.5, 0.6) is 0 Å². The van der Waals surface area contributed by atoms with E-state index in [0.29, 0.717) is 5.92 Å². The first-order chi connectivity index (χ1) is 9.29. The molecule has 1 saturated carbocycles. The fourth-order valence-corrected chi connectivity index (χ4v) is 3.74. The van der Waals surface area contributed by atoms with Gasteiger partial charge in [0.25, 0.3) is 0 Å². The number of hydrogen-bond donors (Lipinski definition) is 1. The third-order valence-electron chi connectivity index (χ3n) is 5.58. The molecule has 1 heterocycles. The van der Waals surface area contributed by atoms with Crippen molar-refractivity contribution in [1.82, 2.24) is 5.32 Å². The third-order valence-corrected chi connectivity index (χ3v) is 5.58. The first-order valence-corrected chi connectivity index (χ1v) is 7.15. The molecule has 108 valence electrons. The normalized spacial score (nSPS) is 22.1. The average molecular weight is 275 g/mol. The van der Waals surface area contributed by atoms with Crippen molar-refractivity contribution in [2.75, 3.05) is 7.05 Å². The van der Waals surface area contributed by atoms with Crippen LogP contribution in [0.2, 0.25) is 0 Å². The minimum Gasteiger partial charge on any atom is -0.459 e. The zero-order chi connectivity index (χ0) is 14.7. The van der Waals surface area contributed by atoms with E-state index in [9.17, 15) is 4.39 Å². The predicted octanol–water partition coefficient (Wildman–Crippen LogP) is 4.51. The third kappa shape index (κ3) is 1.72. The molecule has 1 aliphatic rings. The van der Waals surface area contributed by atoms with Crippen LogP contribution >= 0.6 is 0 Å². The van der Waals surface area contributed by atoms with Crippen LogP contribution in [0.3, 0.4) is 0 Å². The second-order valence-corrected chi connectivity index (χ2v) is 7.02. The second-order valence-electron chi connectivity index (χ2n) is 7.02. The molecule has 2 aromatic rings. The van der Waals surface area contributed by atoms with Crippen LogP contribution in [0.1, 0.15) is 39.5 Å². The number of benzene rings is 1. The highest BCUT2D eigenvalue weighted by atomic mass is 19.1. The standard InChI is InChI=1S/C17H22FNO/c1-16(2)15(17(16,3)4)14(19-5)13-9-10-8-11(18)6-7-12(10)20-13/h6-9,14-15,19H,1-5H3. The molecule has 3 rings (SSSR count). The first kappa shape index (κ1) is 13.6. The molecule has 0 saturated heterocycles. The van der Waals surface area contributed by atoms with Gasteiger partial charge in [0.15, 0.2) is 0 Å². The summed E-state index contributed by atoms with van der Waals surface area (Å²) in [5.74, 6) is 1.18. The Bertz CT molecular complexity index is 642. The Morgan fingerprint density at radius 1 is 1.15 bits per heavy atom. The lowest BCUT2D eigenvalue weighted by atomic mass is 10.0. The highest BCUT2D eigenvalue weighted by Crippen LogP contribution is 2.72. The van der Waals surface area contributed by atoms with Gasteiger partial charge in [-0.2, -0.15) is 0 Å². The van der Waals surface area contributed by atoms with Gasteiger partial charge >= 0.3 is 0 Å². The highest BCUT2D eigenvalue weighted by Gasteiger charge is 2.67. The topological polar surface area (TPSA) is 25.2 Å². The van der Waals surface area contributed by atoms with Gasteiger partial charge in [0.1, 0.15) is 17.2 Å². The molecule has 1 fully saturated rings. The minimum absolute atomic E-state index is 0.162. The zero-order valence-corrected chi connectivity index (χ0v) is 12.8. The number of halogens is 1. The van der Waals surface area contributed by atoms with Gasteiger partial charge < -0.3 is 9.73 Å². The number of rotatable bonds is 3. The molecule has 1 unspecified atom stereocenters. The first-order valence-electron chi connectivity index (χ1n) is 7.15. The Hall–Kier alpha value is -1.35. The summed E-state index contributed by atoms with van der Waals surface area (Å²) in [6.07, 6.45) is 0. The molecule has 1 aromatic carbocycles. The van der Waals surface area contributed by atoms with Gasteiger partial charge in [-0.25, -0.2) is 4.39 Å². The molecule has 1 aliphatic carbocycles. The Kier molecular flexibility index (Phi) is 2.78. The molecule has 20 heavy (non-hydrogen) atoms. The van der Waals surface area contributed by atoms with E-state index in [1.807, 2.05) is 13.1 Å². The lowest BCUT2D eigenvalue weighted by Crippen LogP contribution is -2.20. The van der Waals surface area contributed by atoms with Crippen LogP contribution in [-0.4, -0.2) is 7.05 Å². The quantitative estimate of drug-likeness (QED) is 0.891. The van der Waals surface area contributed by atoms with Crippen LogP contribution in [0.15, 0.2) is 28.7 Å². The van der Waals surface area contributed by atoms with E-state index in [1.54, 1.807) is 6.07 Å². The van der Waals surface area contributed by atoms with Crippen LogP contribution in [0, 0.1) is 22.6 Å². The molecule has 1 atom stereocenters. The fraction of sp³-hybridized carbons (Fsp3) is 0.529. The second kappa shape index (κ2) is 4.08. The van der Waals surface area contributed by atoms with Crippen molar-refractivity contribution in [2.45, 2.75) is 33.7 Å². The van der Waals surface area contributed by atoms with E-state index in [2.05, 4.69) is 33.0 Å². The Morgan fingerprint density at radius 2 is 1.80 bits per heavy atom. The molecule has 0 bridgehead atoms. The largest absolute Gasteiger partial charge is 0.459 e. The highest BCUT2D eigenvalue weighted by molar-refractivity contribution is 5.78. The fourth-order valence-electron chi connectivity index (χ4n) is 3.74. The minimum atomic E-state index is -0.224. The number of furan rings is 1. The van der Waals surface area contributed by atoms with Crippen molar-refractivity contribution < 1.29 is 8.81 Å². The Morgan fingerprint density at radius 3 is 2.35 bits per heavy atom. The summed E-state index contributed by atoms with van der Waals surface area (Å²) in [7, 11) is 1.96. The summed E-state index contributed by atoms with van der Waals surface area (Å²) < 4.78 is 19.2. The summed E-state index contributed by atoms with van der Waals surface area (Å²) >= 11 is 0. The smallest absolute Gasteiger partial charge is 0.134 e. The maximum absolute atomic E-state index is 13.3. The van der Waals surface area contributed by atoms with Crippen molar-refractivity contribution in [2.24, 2.45) is 16.7 Å². The summed E-state index contributed by atoms with van der Waals surface area (Å²) in [5.41, 5.74) is 1.29. The van der Waals surface area contributed by atoms with Crippen LogP contribution in [-0.2, 0) is 0 Å². The molecule has 1 aromatic heterocycles. The van der Waals surface area contributed by atoms with Gasteiger partial charge in [-0.05, 0) is 48.1 Å². The molecular formula is C17H22FNO. The van der Waals surface area contributed by atoms with Gasteiger partial charge in [0, 0.05) is 5.39 Å². The lowest BCUT2D eigenvalue weighted by Gasteiger charge is -2.15. The van der Waals surface area contributed by atoms with Crippen molar-refractivity contribution >= 4 is 11.0 Å². The van der Waals surface area contributed by atoms with E-state index in [0.717, 1.165) is 16.7 Å². The maximum Gasteiger partial charge on any atom is 0.134 e. The SMILES string of the molecule is CNC(c1cc2cc(F)ccc2o1)C1C(C)(C)C1(C)C. The van der Waals surface area contributed by atoms with E-state index in [1.165, 1.54) is 12.1 Å². The molecule has 0 radical (unpaired) electrons. The molecular weight excluding hydrogens is 253 g/mol. The summed E-state index contributed by atoms with van der Waals surface area (Å²) in [6.45, 7) is 9.18. The van der Waals surface area contributed by atoms with Crippen molar-refractivity contribution in [3.63, 3.8) is 0 Å². The van der Waals surface area contributed by atoms with Crippen LogP contribution < -0.4 is 5.32 Å². The van der Waals surface area contributed by atoms with Crippen molar-refractivity contribution in [1.29, 1.82) is 0 Å². The molecule has 2 nitrogen and oxygen atoms in total. The zero-order valence-electron chi connectivity index (χ0n) is 12.8. The number of fused-ring (bicyclic) bond motifs is 1. The lowest BCUT2D eigenvalue weighted by molar-refractivity contribution is 0.370. The Labute approximate surface area is 119 Å². The number of hydrogen-bond acceptors (Lipinski definition) is 2. The van der Waals surface area contributed by atoms with Gasteiger partial charge in [-0.3, -0.25) is 0 Å².